The lowest BCUT2D eigenvalue weighted by Gasteiger charge is -2.32. The van der Waals surface area contributed by atoms with E-state index in [2.05, 4.69) is 6.92 Å². The quantitative estimate of drug-likeness (QED) is 0.409. The summed E-state index contributed by atoms with van der Waals surface area (Å²) in [6, 6.07) is 7.77. The van der Waals surface area contributed by atoms with E-state index in [1.54, 1.807) is 7.05 Å². The third kappa shape index (κ3) is 5.13. The molecule has 1 amide bonds. The molecule has 2 fully saturated rings. The number of benzodiazepines with no additional fused rings is 1. The second kappa shape index (κ2) is 10.7. The van der Waals surface area contributed by atoms with Gasteiger partial charge in [0.25, 0.3) is 5.91 Å². The van der Waals surface area contributed by atoms with E-state index in [0.717, 1.165) is 68.3 Å². The van der Waals surface area contributed by atoms with Gasteiger partial charge in [0, 0.05) is 24.4 Å². The zero-order valence-electron chi connectivity index (χ0n) is 20.8. The summed E-state index contributed by atoms with van der Waals surface area (Å²) in [5.41, 5.74) is 7.21. The molecule has 1 aromatic rings. The molecule has 3 N–H and O–H groups in total. The van der Waals surface area contributed by atoms with Gasteiger partial charge in [0.15, 0.2) is 5.78 Å². The summed E-state index contributed by atoms with van der Waals surface area (Å²) in [4.78, 5) is 34.3. The predicted molar refractivity (Wildman–Crippen MR) is 136 cm³/mol. The smallest absolute Gasteiger partial charge is 0.277 e. The third-order valence-electron chi connectivity index (χ3n) is 8.03. The van der Waals surface area contributed by atoms with Gasteiger partial charge in [-0.3, -0.25) is 15.3 Å². The Bertz CT molecular complexity index is 917. The van der Waals surface area contributed by atoms with Gasteiger partial charge in [0.2, 0.25) is 5.66 Å². The summed E-state index contributed by atoms with van der Waals surface area (Å²) in [7, 11) is 1.69. The minimum absolute atomic E-state index is 0.172. The highest BCUT2D eigenvalue weighted by atomic mass is 16.3. The van der Waals surface area contributed by atoms with Crippen LogP contribution in [0.5, 0.6) is 0 Å². The molecule has 3 aliphatic rings. The van der Waals surface area contributed by atoms with Crippen LogP contribution in [0.3, 0.4) is 0 Å². The van der Waals surface area contributed by atoms with Gasteiger partial charge in [-0.05, 0) is 37.7 Å². The zero-order valence-corrected chi connectivity index (χ0v) is 20.8. The van der Waals surface area contributed by atoms with Crippen molar-refractivity contribution in [3.8, 4) is 0 Å². The van der Waals surface area contributed by atoms with Crippen molar-refractivity contribution >= 4 is 23.1 Å². The Morgan fingerprint density at radius 2 is 1.85 bits per heavy atom. The first kappa shape index (κ1) is 25.1. The first-order valence-corrected chi connectivity index (χ1v) is 13.3. The van der Waals surface area contributed by atoms with Gasteiger partial charge < -0.3 is 10.0 Å². The number of carbonyl (C=O) groups is 2. The Kier molecular flexibility index (Phi) is 7.88. The molecule has 3 atom stereocenters. The average molecular weight is 468 g/mol. The Labute approximate surface area is 204 Å². The summed E-state index contributed by atoms with van der Waals surface area (Å²) in [6.45, 7) is 2.07. The Morgan fingerprint density at radius 3 is 2.50 bits per heavy atom. The van der Waals surface area contributed by atoms with Crippen LogP contribution in [0.4, 0.5) is 5.69 Å². The van der Waals surface area contributed by atoms with Crippen molar-refractivity contribution in [1.29, 1.82) is 0 Å². The molecule has 6 heteroatoms. The summed E-state index contributed by atoms with van der Waals surface area (Å²) in [5, 5.41) is 11.0. The third-order valence-corrected chi connectivity index (χ3v) is 8.03. The Morgan fingerprint density at radius 1 is 1.18 bits per heavy atom. The van der Waals surface area contributed by atoms with Crippen LogP contribution in [0.15, 0.2) is 29.3 Å². The number of aliphatic hydroxyl groups is 1. The number of aliphatic hydroxyl groups excluding tert-OH is 1. The van der Waals surface area contributed by atoms with Crippen LogP contribution in [0.2, 0.25) is 0 Å². The maximum atomic E-state index is 14.1. The van der Waals surface area contributed by atoms with E-state index in [4.69, 9.17) is 10.7 Å². The summed E-state index contributed by atoms with van der Waals surface area (Å²) >= 11 is 0. The number of amides is 1. The molecule has 1 aromatic carbocycles. The lowest BCUT2D eigenvalue weighted by Crippen LogP contribution is -2.61. The molecule has 2 saturated carbocycles. The van der Waals surface area contributed by atoms with E-state index in [1.807, 2.05) is 24.3 Å². The molecule has 1 unspecified atom stereocenters. The molecule has 34 heavy (non-hydrogen) atoms. The van der Waals surface area contributed by atoms with Crippen LogP contribution >= 0.6 is 0 Å². The maximum absolute atomic E-state index is 14.1. The number of carbonyl (C=O) groups excluding carboxylic acids is 2. The fourth-order valence-electron chi connectivity index (χ4n) is 5.72. The summed E-state index contributed by atoms with van der Waals surface area (Å²) in [6.07, 6.45) is 10.8. The summed E-state index contributed by atoms with van der Waals surface area (Å²) < 4.78 is 0. The van der Waals surface area contributed by atoms with Crippen LogP contribution < -0.4 is 10.6 Å². The fourth-order valence-corrected chi connectivity index (χ4v) is 5.72. The Balaban J connectivity index is 1.77. The van der Waals surface area contributed by atoms with Crippen molar-refractivity contribution in [3.05, 3.63) is 29.8 Å². The zero-order chi connectivity index (χ0) is 24.3. The molecular weight excluding hydrogens is 426 g/mol. The first-order chi connectivity index (χ1) is 16.4. The number of anilines is 1. The molecule has 0 aromatic heterocycles. The normalized spacial score (nSPS) is 25.7. The van der Waals surface area contributed by atoms with E-state index >= 15 is 0 Å². The van der Waals surface area contributed by atoms with Crippen molar-refractivity contribution in [2.45, 2.75) is 95.7 Å². The number of aliphatic imine (C=N–C) groups is 1. The van der Waals surface area contributed by atoms with E-state index in [-0.39, 0.29) is 5.92 Å². The number of nitrogens with two attached hydrogens (primary N) is 1. The van der Waals surface area contributed by atoms with Crippen LogP contribution in [-0.2, 0) is 9.59 Å². The SMILES string of the molecule is CCCC[C@H](O)[C@@H](CC1CC1)C(=O)C1(N)N=C(C2CCCCCC2)c2ccccc2N(C)C1=O. The molecule has 186 valence electrons. The number of benzene rings is 1. The minimum Gasteiger partial charge on any atom is -0.392 e. The number of hydrogen-bond acceptors (Lipinski definition) is 5. The number of unbranched alkanes of at least 4 members (excludes halogenated alkanes) is 1. The maximum Gasteiger partial charge on any atom is 0.277 e. The Hall–Kier alpha value is -2.05. The average Bonchev–Trinajstić information content (AvgIpc) is 3.70. The molecule has 0 saturated heterocycles. The van der Waals surface area contributed by atoms with Gasteiger partial charge in [0.1, 0.15) is 0 Å². The van der Waals surface area contributed by atoms with Crippen LogP contribution in [-0.4, -0.2) is 41.3 Å². The number of nitrogens with zero attached hydrogens (tertiary/aromatic N) is 2. The largest absolute Gasteiger partial charge is 0.392 e. The highest BCUT2D eigenvalue weighted by Crippen LogP contribution is 2.40. The van der Waals surface area contributed by atoms with Gasteiger partial charge in [-0.25, -0.2) is 4.99 Å². The second-order valence-electron chi connectivity index (χ2n) is 10.7. The van der Waals surface area contributed by atoms with Crippen molar-refractivity contribution in [2.24, 2.45) is 28.5 Å². The highest BCUT2D eigenvalue weighted by molar-refractivity contribution is 6.22. The minimum atomic E-state index is -2.01. The second-order valence-corrected chi connectivity index (χ2v) is 10.7. The molecule has 4 rings (SSSR count). The van der Waals surface area contributed by atoms with Gasteiger partial charge in [-0.2, -0.15) is 0 Å². The summed E-state index contributed by atoms with van der Waals surface area (Å²) in [5.74, 6) is -0.988. The molecule has 0 bridgehead atoms. The standard InChI is InChI=1S/C28H41N3O3/c1-3-4-15-24(32)22(18-19-16-17-19)26(33)28(29)27(34)31(2)23-14-10-9-13-21(23)25(30-28)20-11-7-5-6-8-12-20/h9-10,13-14,19-20,22,24,32H,3-8,11-12,15-18,29H2,1-2H3/t22-,24+,28?/m1/s1. The van der Waals surface area contributed by atoms with E-state index in [9.17, 15) is 14.7 Å². The van der Waals surface area contributed by atoms with Crippen molar-refractivity contribution in [1.82, 2.24) is 0 Å². The van der Waals surface area contributed by atoms with Crippen molar-refractivity contribution < 1.29 is 14.7 Å². The first-order valence-electron chi connectivity index (χ1n) is 13.3. The van der Waals surface area contributed by atoms with Crippen LogP contribution in [0.1, 0.15) is 89.5 Å². The molecule has 0 spiro atoms. The lowest BCUT2D eigenvalue weighted by molar-refractivity contribution is -0.139. The topological polar surface area (TPSA) is 96.0 Å². The molecular formula is C28H41N3O3. The number of para-hydroxylation sites is 1. The van der Waals surface area contributed by atoms with Crippen LogP contribution in [0.25, 0.3) is 0 Å². The lowest BCUT2D eigenvalue weighted by atomic mass is 9.82. The highest BCUT2D eigenvalue weighted by Gasteiger charge is 2.51. The van der Waals surface area contributed by atoms with E-state index in [0.29, 0.717) is 18.8 Å². The molecule has 0 radical (unpaired) electrons. The van der Waals surface area contributed by atoms with Crippen LogP contribution in [0, 0.1) is 17.8 Å². The molecule has 1 heterocycles. The monoisotopic (exact) mass is 467 g/mol. The number of rotatable bonds is 9. The fraction of sp³-hybridized carbons (Fsp3) is 0.679. The van der Waals surface area contributed by atoms with Gasteiger partial charge in [-0.1, -0.05) is 76.5 Å². The van der Waals surface area contributed by atoms with E-state index in [1.165, 1.54) is 17.7 Å². The molecule has 6 nitrogen and oxygen atoms in total. The predicted octanol–water partition coefficient (Wildman–Crippen LogP) is 4.61. The number of likely N-dealkylation sites (N-methyl/N-ethyl adjacent to an activating group) is 1. The van der Waals surface area contributed by atoms with Crippen molar-refractivity contribution in [3.63, 3.8) is 0 Å². The van der Waals surface area contributed by atoms with Gasteiger partial charge in [0.05, 0.1) is 17.5 Å². The van der Waals surface area contributed by atoms with Gasteiger partial charge in [-0.15, -0.1) is 0 Å². The number of fused-ring (bicyclic) bond motifs is 1. The molecule has 1 aliphatic heterocycles. The number of Topliss-reactive ketones (excluding diaryl/α,β-unsaturated/α-hetero) is 1. The number of hydrogen-bond donors (Lipinski definition) is 2. The van der Waals surface area contributed by atoms with Gasteiger partial charge >= 0.3 is 0 Å². The number of ketones is 1. The van der Waals surface area contributed by atoms with E-state index < -0.39 is 29.4 Å². The molecule has 2 aliphatic carbocycles. The van der Waals surface area contributed by atoms with Crippen molar-refractivity contribution in [2.75, 3.05) is 11.9 Å².